The number of ether oxygens (including phenoxy) is 1. The molecule has 0 aliphatic heterocycles. The molecule has 1 aromatic heterocycles. The van der Waals surface area contributed by atoms with Crippen LogP contribution < -0.4 is 0 Å². The average molecular weight is 627 g/mol. The number of hydrogen-bond acceptors (Lipinski definition) is 3. The molecule has 106 valence electrons. The van der Waals surface area contributed by atoms with Gasteiger partial charge in [-0.3, -0.25) is 4.98 Å². The quantitative estimate of drug-likeness (QED) is 0.262. The lowest BCUT2D eigenvalue weighted by Gasteiger charge is -2.13. The Bertz CT molecular complexity index is 719. The first-order valence-corrected chi connectivity index (χ1v) is 9.29. The molecule has 7 heteroatoms. The maximum atomic E-state index is 11.9. The van der Waals surface area contributed by atoms with Crippen molar-refractivity contribution in [2.24, 2.45) is 0 Å². The first kappa shape index (κ1) is 16.9. The molecule has 0 bridgehead atoms. The van der Waals surface area contributed by atoms with Crippen molar-refractivity contribution in [3.8, 4) is 0 Å². The zero-order chi connectivity index (χ0) is 15.0. The fourth-order valence-electron chi connectivity index (χ4n) is 1.76. The summed E-state index contributed by atoms with van der Waals surface area (Å²) < 4.78 is 8.21. The number of fused-ring (bicyclic) bond motifs is 1. The molecule has 0 spiro atoms. The van der Waals surface area contributed by atoms with Gasteiger partial charge in [0, 0.05) is 22.3 Å². The molecule has 0 N–H and O–H groups in total. The van der Waals surface area contributed by atoms with E-state index in [0.29, 0.717) is 17.2 Å². The first-order valence-electron chi connectivity index (χ1n) is 5.68. The van der Waals surface area contributed by atoms with E-state index in [9.17, 15) is 4.79 Å². The molecule has 0 fully saturated rings. The van der Waals surface area contributed by atoms with E-state index in [1.807, 2.05) is 0 Å². The van der Waals surface area contributed by atoms with Crippen molar-refractivity contribution in [2.75, 3.05) is 6.61 Å². The van der Waals surface area contributed by atoms with Gasteiger partial charge in [-0.25, -0.2) is 4.79 Å². The highest BCUT2D eigenvalue weighted by molar-refractivity contribution is 14.1. The predicted octanol–water partition coefficient (Wildman–Crippen LogP) is 5.19. The summed E-state index contributed by atoms with van der Waals surface area (Å²) in [5, 5.41) is 1.23. The van der Waals surface area contributed by atoms with Crippen molar-refractivity contribution in [1.82, 2.24) is 4.98 Å². The van der Waals surface area contributed by atoms with Crippen LogP contribution in [0.4, 0.5) is 0 Å². The number of rotatable bonds is 2. The fraction of sp³-hybridized carbons (Fsp3) is 0.231. The molecule has 3 nitrogen and oxygen atoms in total. The largest absolute Gasteiger partial charge is 0.462 e. The fourth-order valence-corrected chi connectivity index (χ4v) is 4.89. The highest BCUT2D eigenvalue weighted by Crippen LogP contribution is 2.37. The van der Waals surface area contributed by atoms with Gasteiger partial charge in [-0.15, -0.1) is 0 Å². The Labute approximate surface area is 162 Å². The lowest BCUT2D eigenvalue weighted by Crippen LogP contribution is -2.07. The lowest BCUT2D eigenvalue weighted by molar-refractivity contribution is 0.0526. The van der Waals surface area contributed by atoms with E-state index >= 15 is 0 Å². The van der Waals surface area contributed by atoms with Crippen molar-refractivity contribution in [3.05, 3.63) is 33.1 Å². The molecule has 0 amide bonds. The number of carbonyl (C=O) groups is 1. The Hall–Kier alpha value is 0.580. The summed E-state index contributed by atoms with van der Waals surface area (Å²) in [6, 6.07) is 0. The van der Waals surface area contributed by atoms with E-state index in [4.69, 9.17) is 16.3 Å². The third-order valence-corrected chi connectivity index (χ3v) is 7.96. The van der Waals surface area contributed by atoms with Crippen LogP contribution in [0.1, 0.15) is 22.8 Å². The molecule has 0 saturated heterocycles. The maximum absolute atomic E-state index is 11.9. The zero-order valence-corrected chi connectivity index (χ0v) is 17.8. The van der Waals surface area contributed by atoms with E-state index in [2.05, 4.69) is 79.7 Å². The molecule has 0 radical (unpaired) electrons. The molecule has 1 aromatic carbocycles. The second-order valence-corrected chi connectivity index (χ2v) is 7.61. The van der Waals surface area contributed by atoms with Gasteiger partial charge < -0.3 is 4.74 Å². The summed E-state index contributed by atoms with van der Waals surface area (Å²) >= 11 is 13.2. The number of benzene rings is 1. The van der Waals surface area contributed by atoms with Gasteiger partial charge in [0.25, 0.3) is 0 Å². The summed E-state index contributed by atoms with van der Waals surface area (Å²) in [6.45, 7) is 4.13. The summed E-state index contributed by atoms with van der Waals surface area (Å²) in [5.74, 6) is -0.437. The van der Waals surface area contributed by atoms with Crippen molar-refractivity contribution in [2.45, 2.75) is 13.8 Å². The van der Waals surface area contributed by atoms with E-state index in [-0.39, 0.29) is 0 Å². The van der Waals surface area contributed by atoms with Crippen LogP contribution in [0.5, 0.6) is 0 Å². The van der Waals surface area contributed by atoms with Gasteiger partial charge in [0.2, 0.25) is 0 Å². The normalized spacial score (nSPS) is 10.9. The van der Waals surface area contributed by atoms with Crippen molar-refractivity contribution in [1.29, 1.82) is 0 Å². The zero-order valence-electron chi connectivity index (χ0n) is 10.6. The number of hydrogen-bond donors (Lipinski definition) is 0. The van der Waals surface area contributed by atoms with Gasteiger partial charge in [0.05, 0.1) is 22.7 Å². The molecule has 0 aliphatic rings. The van der Waals surface area contributed by atoms with E-state index in [0.717, 1.165) is 21.6 Å². The topological polar surface area (TPSA) is 39.2 Å². The van der Waals surface area contributed by atoms with Crippen LogP contribution in [0.25, 0.3) is 10.9 Å². The Morgan fingerprint density at radius 2 is 1.95 bits per heavy atom. The molecule has 20 heavy (non-hydrogen) atoms. The smallest absolute Gasteiger partial charge is 0.341 e. The summed E-state index contributed by atoms with van der Waals surface area (Å²) in [6.07, 6.45) is 1.49. The third kappa shape index (κ3) is 2.89. The third-order valence-electron chi connectivity index (χ3n) is 2.79. The van der Waals surface area contributed by atoms with Gasteiger partial charge in [-0.2, -0.15) is 0 Å². The monoisotopic (exact) mass is 627 g/mol. The lowest BCUT2D eigenvalue weighted by atomic mass is 10.1. The molecular weight excluding hydrogens is 618 g/mol. The van der Waals surface area contributed by atoms with Crippen LogP contribution in [0.15, 0.2) is 6.20 Å². The molecule has 2 aromatic rings. The Morgan fingerprint density at radius 3 is 2.55 bits per heavy atom. The number of carbonyl (C=O) groups excluding carboxylic acids is 1. The minimum Gasteiger partial charge on any atom is -0.462 e. The molecule has 0 atom stereocenters. The van der Waals surface area contributed by atoms with Crippen LogP contribution >= 0.6 is 79.4 Å². The molecule has 2 rings (SSSR count). The van der Waals surface area contributed by atoms with Crippen LogP contribution in [0, 0.1) is 17.6 Å². The van der Waals surface area contributed by atoms with Gasteiger partial charge in [0.15, 0.2) is 0 Å². The Kier molecular flexibility index (Phi) is 5.74. The molecule has 1 heterocycles. The highest BCUT2D eigenvalue weighted by Gasteiger charge is 2.21. The molecule has 0 unspecified atom stereocenters. The second-order valence-electron chi connectivity index (χ2n) is 4.00. The highest BCUT2D eigenvalue weighted by atomic mass is 127. The van der Waals surface area contributed by atoms with Crippen molar-refractivity contribution >= 4 is 96.2 Å². The maximum Gasteiger partial charge on any atom is 0.341 e. The number of esters is 1. The van der Waals surface area contributed by atoms with Gasteiger partial charge in [0.1, 0.15) is 0 Å². The van der Waals surface area contributed by atoms with Crippen molar-refractivity contribution in [3.63, 3.8) is 0 Å². The van der Waals surface area contributed by atoms with Crippen LogP contribution in [-0.2, 0) is 4.74 Å². The van der Waals surface area contributed by atoms with Gasteiger partial charge in [-0.05, 0) is 87.2 Å². The first-order chi connectivity index (χ1) is 9.40. The average Bonchev–Trinajstić information content (AvgIpc) is 2.42. The SMILES string of the molecule is CCOC(=O)c1cnc2c(I)c(C)c(I)c(I)c2c1Cl. The van der Waals surface area contributed by atoms with Crippen molar-refractivity contribution < 1.29 is 9.53 Å². The van der Waals surface area contributed by atoms with Crippen LogP contribution in [-0.4, -0.2) is 17.6 Å². The summed E-state index contributed by atoms with van der Waals surface area (Å²) in [5.41, 5.74) is 2.32. The predicted molar refractivity (Wildman–Crippen MR) is 106 cm³/mol. The van der Waals surface area contributed by atoms with E-state index < -0.39 is 5.97 Å². The molecule has 0 aliphatic carbocycles. The number of halogens is 4. The molecular formula is C13H9ClI3NO2. The second kappa shape index (κ2) is 6.78. The number of nitrogens with zero attached hydrogens (tertiary/aromatic N) is 1. The van der Waals surface area contributed by atoms with Gasteiger partial charge >= 0.3 is 5.97 Å². The van der Waals surface area contributed by atoms with E-state index in [1.54, 1.807) is 6.92 Å². The van der Waals surface area contributed by atoms with Crippen LogP contribution in [0.3, 0.4) is 0 Å². The number of aromatic nitrogens is 1. The summed E-state index contributed by atoms with van der Waals surface area (Å²) in [7, 11) is 0. The number of pyridine rings is 1. The van der Waals surface area contributed by atoms with Crippen LogP contribution in [0.2, 0.25) is 5.02 Å². The van der Waals surface area contributed by atoms with E-state index in [1.165, 1.54) is 11.8 Å². The molecule has 0 saturated carbocycles. The summed E-state index contributed by atoms with van der Waals surface area (Å²) in [4.78, 5) is 16.3. The Morgan fingerprint density at radius 1 is 1.30 bits per heavy atom. The minimum atomic E-state index is -0.437. The standard InChI is InChI=1S/C13H9ClI3NO2/c1-3-20-13(19)6-4-18-12-7(8(6)14)11(17)9(15)5(2)10(12)16/h4H,3H2,1-2H3. The minimum absolute atomic E-state index is 0.313. The van der Waals surface area contributed by atoms with Gasteiger partial charge in [-0.1, -0.05) is 11.6 Å². The Balaban J connectivity index is 2.83.